The molecule has 1 fully saturated rings. The number of pyridine rings is 1. The molecule has 1 unspecified atom stereocenters. The maximum absolute atomic E-state index is 13.1. The molecule has 0 radical (unpaired) electrons. The van der Waals surface area contributed by atoms with Crippen molar-refractivity contribution in [3.05, 3.63) is 72.1 Å². The summed E-state index contributed by atoms with van der Waals surface area (Å²) in [6.07, 6.45) is 4.14. The molecule has 162 valence electrons. The molecular formula is C24H18N6O3. The Labute approximate surface area is 188 Å². The first-order chi connectivity index (χ1) is 16.1. The highest BCUT2D eigenvalue weighted by Crippen LogP contribution is 2.29. The lowest BCUT2D eigenvalue weighted by Crippen LogP contribution is -2.52. The highest BCUT2D eigenvalue weighted by molar-refractivity contribution is 6.05. The second kappa shape index (κ2) is 7.33. The standard InChI is InChI=1S/C24H18N6O3/c31-22-8-7-21(23(32)26-22)29-12-16-3-5-17(11-18(16)24(29)33)30-13-20(27-28-30)15-4-6-19-14(10-15)2-1-9-25-19/h1-6,9-11,13,21H,7-8,12H2,(H,26,31,32). The number of nitrogens with one attached hydrogen (secondary N) is 1. The Kier molecular flexibility index (Phi) is 4.29. The van der Waals surface area contributed by atoms with Gasteiger partial charge in [-0.05, 0) is 42.3 Å². The van der Waals surface area contributed by atoms with Crippen LogP contribution in [0.15, 0.2) is 60.9 Å². The number of hydrogen-bond acceptors (Lipinski definition) is 6. The Bertz CT molecular complexity index is 1460. The van der Waals surface area contributed by atoms with E-state index in [2.05, 4.69) is 20.6 Å². The molecule has 1 saturated heterocycles. The van der Waals surface area contributed by atoms with E-state index in [0.29, 0.717) is 29.9 Å². The van der Waals surface area contributed by atoms with Crippen LogP contribution in [-0.2, 0) is 16.1 Å². The molecule has 2 aromatic heterocycles. The van der Waals surface area contributed by atoms with Gasteiger partial charge < -0.3 is 4.90 Å². The summed E-state index contributed by atoms with van der Waals surface area (Å²) in [5, 5.41) is 11.9. The van der Waals surface area contributed by atoms with Crippen molar-refractivity contribution in [2.45, 2.75) is 25.4 Å². The summed E-state index contributed by atoms with van der Waals surface area (Å²) < 4.78 is 1.63. The minimum absolute atomic E-state index is 0.219. The minimum Gasteiger partial charge on any atom is -0.322 e. The Balaban J connectivity index is 1.28. The average Bonchev–Trinajstić information content (AvgIpc) is 3.44. The fraction of sp³-hybridized carbons (Fsp3) is 0.167. The van der Waals surface area contributed by atoms with Gasteiger partial charge in [0.05, 0.1) is 17.4 Å². The Morgan fingerprint density at radius 3 is 2.82 bits per heavy atom. The molecule has 6 rings (SSSR count). The van der Waals surface area contributed by atoms with Gasteiger partial charge in [-0.3, -0.25) is 24.7 Å². The van der Waals surface area contributed by atoms with Crippen LogP contribution >= 0.6 is 0 Å². The Morgan fingerprint density at radius 1 is 1.03 bits per heavy atom. The van der Waals surface area contributed by atoms with Crippen LogP contribution in [0.4, 0.5) is 0 Å². The maximum atomic E-state index is 13.1. The van der Waals surface area contributed by atoms with E-state index in [9.17, 15) is 14.4 Å². The van der Waals surface area contributed by atoms with Gasteiger partial charge in [0.2, 0.25) is 11.8 Å². The number of imide groups is 1. The lowest BCUT2D eigenvalue weighted by Gasteiger charge is -2.29. The quantitative estimate of drug-likeness (QED) is 0.491. The van der Waals surface area contributed by atoms with Crippen molar-refractivity contribution < 1.29 is 14.4 Å². The molecule has 4 aromatic rings. The molecule has 0 bridgehead atoms. The van der Waals surface area contributed by atoms with E-state index in [1.807, 2.05) is 48.7 Å². The molecule has 9 heteroatoms. The molecule has 33 heavy (non-hydrogen) atoms. The lowest BCUT2D eigenvalue weighted by molar-refractivity contribution is -0.136. The molecular weight excluding hydrogens is 420 g/mol. The lowest BCUT2D eigenvalue weighted by atomic mass is 10.0. The Hall–Kier alpha value is -4.40. The average molecular weight is 438 g/mol. The van der Waals surface area contributed by atoms with Crippen LogP contribution in [0.25, 0.3) is 27.8 Å². The van der Waals surface area contributed by atoms with Crippen molar-refractivity contribution in [2.75, 3.05) is 0 Å². The van der Waals surface area contributed by atoms with E-state index in [-0.39, 0.29) is 18.2 Å². The number of fused-ring (bicyclic) bond motifs is 2. The van der Waals surface area contributed by atoms with Crippen molar-refractivity contribution in [3.63, 3.8) is 0 Å². The molecule has 2 aliphatic heterocycles. The van der Waals surface area contributed by atoms with Crippen LogP contribution in [0.2, 0.25) is 0 Å². The third-order valence-corrected chi connectivity index (χ3v) is 6.17. The van der Waals surface area contributed by atoms with E-state index < -0.39 is 11.9 Å². The number of carbonyl (C=O) groups excluding carboxylic acids is 3. The maximum Gasteiger partial charge on any atom is 0.255 e. The molecule has 1 N–H and O–H groups in total. The van der Waals surface area contributed by atoms with Crippen LogP contribution in [0.3, 0.4) is 0 Å². The predicted molar refractivity (Wildman–Crippen MR) is 118 cm³/mol. The zero-order valence-electron chi connectivity index (χ0n) is 17.4. The molecule has 2 aromatic carbocycles. The van der Waals surface area contributed by atoms with Crippen molar-refractivity contribution in [1.29, 1.82) is 0 Å². The van der Waals surface area contributed by atoms with Gasteiger partial charge in [0.1, 0.15) is 11.7 Å². The number of nitrogens with zero attached hydrogens (tertiary/aromatic N) is 5. The molecule has 9 nitrogen and oxygen atoms in total. The summed E-state index contributed by atoms with van der Waals surface area (Å²) in [4.78, 5) is 42.6. The largest absolute Gasteiger partial charge is 0.322 e. The van der Waals surface area contributed by atoms with Crippen LogP contribution in [0.5, 0.6) is 0 Å². The van der Waals surface area contributed by atoms with Gasteiger partial charge in [-0.1, -0.05) is 23.4 Å². The normalized spacial score (nSPS) is 18.0. The van der Waals surface area contributed by atoms with Crippen molar-refractivity contribution >= 4 is 28.6 Å². The third kappa shape index (κ3) is 3.25. The number of benzene rings is 2. The number of aromatic nitrogens is 4. The van der Waals surface area contributed by atoms with Gasteiger partial charge in [0.25, 0.3) is 5.91 Å². The first kappa shape index (κ1) is 19.3. The highest BCUT2D eigenvalue weighted by atomic mass is 16.2. The van der Waals surface area contributed by atoms with E-state index in [1.165, 1.54) is 4.90 Å². The van der Waals surface area contributed by atoms with E-state index >= 15 is 0 Å². The molecule has 0 aliphatic carbocycles. The third-order valence-electron chi connectivity index (χ3n) is 6.17. The van der Waals surface area contributed by atoms with Crippen molar-refractivity contribution in [1.82, 2.24) is 30.2 Å². The topological polar surface area (TPSA) is 110 Å². The number of carbonyl (C=O) groups is 3. The summed E-state index contributed by atoms with van der Waals surface area (Å²) in [6, 6.07) is 14.7. The summed E-state index contributed by atoms with van der Waals surface area (Å²) in [7, 11) is 0. The molecule has 4 heterocycles. The number of rotatable bonds is 3. The van der Waals surface area contributed by atoms with Gasteiger partial charge in [-0.2, -0.15) is 0 Å². The van der Waals surface area contributed by atoms with Gasteiger partial charge in [0, 0.05) is 35.7 Å². The second-order valence-corrected chi connectivity index (χ2v) is 8.20. The second-order valence-electron chi connectivity index (χ2n) is 8.20. The SMILES string of the molecule is O=C1CCC(N2Cc3ccc(-n4cc(-c5ccc6ncccc6c5)nn4)cc3C2=O)C(=O)N1. The monoisotopic (exact) mass is 438 g/mol. The zero-order chi connectivity index (χ0) is 22.5. The fourth-order valence-corrected chi connectivity index (χ4v) is 4.44. The predicted octanol–water partition coefficient (Wildman–Crippen LogP) is 2.24. The van der Waals surface area contributed by atoms with Gasteiger partial charge in [-0.25, -0.2) is 4.68 Å². The molecule has 2 aliphatic rings. The van der Waals surface area contributed by atoms with Gasteiger partial charge in [-0.15, -0.1) is 5.10 Å². The summed E-state index contributed by atoms with van der Waals surface area (Å²) in [6.45, 7) is 0.342. The molecule has 3 amide bonds. The van der Waals surface area contributed by atoms with Crippen LogP contribution in [0, 0.1) is 0 Å². The van der Waals surface area contributed by atoms with E-state index in [4.69, 9.17) is 0 Å². The van der Waals surface area contributed by atoms with Gasteiger partial charge >= 0.3 is 0 Å². The Morgan fingerprint density at radius 2 is 1.94 bits per heavy atom. The first-order valence-electron chi connectivity index (χ1n) is 10.6. The summed E-state index contributed by atoms with van der Waals surface area (Å²) in [5.74, 6) is -0.935. The number of hydrogen-bond donors (Lipinski definition) is 1. The highest BCUT2D eigenvalue weighted by Gasteiger charge is 2.39. The van der Waals surface area contributed by atoms with Crippen molar-refractivity contribution in [3.8, 4) is 16.9 Å². The number of amides is 3. The summed E-state index contributed by atoms with van der Waals surface area (Å²) in [5.41, 5.74) is 4.61. The molecule has 1 atom stereocenters. The minimum atomic E-state index is -0.633. The zero-order valence-corrected chi connectivity index (χ0v) is 17.4. The molecule has 0 saturated carbocycles. The smallest absolute Gasteiger partial charge is 0.255 e. The van der Waals surface area contributed by atoms with E-state index in [1.54, 1.807) is 16.9 Å². The number of piperidine rings is 1. The fourth-order valence-electron chi connectivity index (χ4n) is 4.44. The molecule has 0 spiro atoms. The van der Waals surface area contributed by atoms with E-state index in [0.717, 1.165) is 22.0 Å². The first-order valence-corrected chi connectivity index (χ1v) is 10.6. The van der Waals surface area contributed by atoms with Crippen LogP contribution < -0.4 is 5.32 Å². The van der Waals surface area contributed by atoms with Crippen LogP contribution in [0.1, 0.15) is 28.8 Å². The van der Waals surface area contributed by atoms with Gasteiger partial charge in [0.15, 0.2) is 0 Å². The van der Waals surface area contributed by atoms with Crippen LogP contribution in [-0.4, -0.2) is 48.6 Å². The van der Waals surface area contributed by atoms with Crippen molar-refractivity contribution in [2.24, 2.45) is 0 Å². The summed E-state index contributed by atoms with van der Waals surface area (Å²) >= 11 is 0.